The number of primary amides is 1. The zero-order chi connectivity index (χ0) is 67.1. The maximum atomic E-state index is 14.4. The van der Waals surface area contributed by atoms with Crippen LogP contribution < -0.4 is 37.2 Å². The molecular weight excluding hydrogens is 1150 g/mol. The van der Waals surface area contributed by atoms with E-state index in [0.29, 0.717) is 35.3 Å². The van der Waals surface area contributed by atoms with E-state index in [4.69, 9.17) is 10.5 Å². The summed E-state index contributed by atoms with van der Waals surface area (Å²) in [5.74, 6) is 1.27. The Morgan fingerprint density at radius 1 is 0.791 bits per heavy atom. The van der Waals surface area contributed by atoms with Gasteiger partial charge in [-0.1, -0.05) is 135 Å². The number of urea groups is 1. The van der Waals surface area contributed by atoms with Crippen LogP contribution in [0.1, 0.15) is 141 Å². The zero-order valence-corrected chi connectivity index (χ0v) is 54.9. The van der Waals surface area contributed by atoms with Crippen LogP contribution in [0.3, 0.4) is 0 Å². The Morgan fingerprint density at radius 3 is 2.08 bits per heavy atom. The normalized spacial score (nSPS) is 14.0. The number of anilines is 2. The molecular formula is C71H91N9O11. The van der Waals surface area contributed by atoms with Gasteiger partial charge in [-0.25, -0.2) is 9.59 Å². The van der Waals surface area contributed by atoms with E-state index in [2.05, 4.69) is 38.4 Å². The van der Waals surface area contributed by atoms with Gasteiger partial charge in [0.1, 0.15) is 12.6 Å². The lowest BCUT2D eigenvalue weighted by Gasteiger charge is -2.39. The standard InChI is InChI=1S/C71H91N9O11/c1-43(2)56(37-45(5)68(88)89)79(13)67(87)64(70(6,7)8)77-66(86)63(73-11)71(9,10)54-41-78(12)57-38-46(26-32-53(54)57)27-35-61(84)91-42-47-24-30-52(31-25-47)75-65(85)50(22-18-36-74-69(72)90)39-58(81)62(44(3)4)76-59(82)33-34-60(83)80-40-51-21-15-14-19-48(51)28-29-49-20-16-17-23-55(49)80/h14-17,19-21,23-26,30-32,37-38,41,43-44,50,56,62-64,73H,18,22,27,33-36,39-40,42H2,1-13H3,(H,75,85)(H,76,82)(H,77,86)(H,88,89)(H3,72,74,90)/b45-37+/t50-,56-,62+,63-,64-/m1/s1. The predicted octanol–water partition coefficient (Wildman–Crippen LogP) is 8.59. The van der Waals surface area contributed by atoms with Gasteiger partial charge in [0.25, 0.3) is 0 Å². The second-order valence-corrected chi connectivity index (χ2v) is 25.9. The quantitative estimate of drug-likeness (QED) is 0.0103. The number of ketones is 1. The first-order chi connectivity index (χ1) is 42.9. The van der Waals surface area contributed by atoms with Crippen molar-refractivity contribution in [2.45, 2.75) is 157 Å². The molecule has 1 aliphatic heterocycles. The molecule has 5 atom stereocenters. The van der Waals surface area contributed by atoms with Crippen molar-refractivity contribution in [1.82, 2.24) is 30.7 Å². The predicted molar refractivity (Wildman–Crippen MR) is 352 cm³/mol. The highest BCUT2D eigenvalue weighted by Crippen LogP contribution is 2.36. The minimum atomic E-state index is -1.07. The minimum absolute atomic E-state index is 0.0252. The molecule has 4 aromatic carbocycles. The molecule has 1 aromatic heterocycles. The van der Waals surface area contributed by atoms with E-state index in [1.165, 1.54) is 11.8 Å². The van der Waals surface area contributed by atoms with Crippen molar-refractivity contribution in [2.75, 3.05) is 30.9 Å². The number of fused-ring (bicyclic) bond motifs is 3. The van der Waals surface area contributed by atoms with E-state index >= 15 is 0 Å². The average molecular weight is 1250 g/mol. The molecule has 0 saturated carbocycles. The Morgan fingerprint density at radius 2 is 1.44 bits per heavy atom. The van der Waals surface area contributed by atoms with Crippen LogP contribution in [-0.4, -0.2) is 113 Å². The topological polar surface area (TPSA) is 281 Å². The number of nitrogens with one attached hydrogen (secondary N) is 5. The van der Waals surface area contributed by atoms with Gasteiger partial charge in [0.2, 0.25) is 29.5 Å². The van der Waals surface area contributed by atoms with Crippen LogP contribution >= 0.6 is 0 Å². The number of carbonyl (C=O) groups excluding carboxylic acids is 8. The van der Waals surface area contributed by atoms with E-state index in [-0.39, 0.29) is 92.7 Å². The molecule has 91 heavy (non-hydrogen) atoms. The summed E-state index contributed by atoms with van der Waals surface area (Å²) in [6, 6.07) is 23.7. The van der Waals surface area contributed by atoms with Gasteiger partial charge in [-0.3, -0.25) is 33.6 Å². The molecule has 0 unspecified atom stereocenters. The maximum Gasteiger partial charge on any atom is 0.331 e. The van der Waals surface area contributed by atoms with Gasteiger partial charge in [0.05, 0.1) is 30.4 Å². The van der Waals surface area contributed by atoms with E-state index in [1.54, 1.807) is 63.2 Å². The number of nitrogens with two attached hydrogens (primary N) is 1. The van der Waals surface area contributed by atoms with E-state index in [0.717, 1.165) is 33.2 Å². The Bertz CT molecular complexity index is 3580. The zero-order valence-electron chi connectivity index (χ0n) is 54.9. The van der Waals surface area contributed by atoms with Crippen LogP contribution in [0.4, 0.5) is 16.2 Å². The number of aryl methyl sites for hydroxylation is 2. The summed E-state index contributed by atoms with van der Waals surface area (Å²) < 4.78 is 7.65. The van der Waals surface area contributed by atoms with Gasteiger partial charge < -0.3 is 56.5 Å². The fourth-order valence-electron chi connectivity index (χ4n) is 11.5. The van der Waals surface area contributed by atoms with Gasteiger partial charge in [-0.05, 0) is 109 Å². The molecule has 0 fully saturated rings. The molecule has 486 valence electrons. The number of carboxylic acids is 1. The van der Waals surface area contributed by atoms with Gasteiger partial charge in [-0.2, -0.15) is 0 Å². The van der Waals surface area contributed by atoms with Crippen molar-refractivity contribution < 1.29 is 53.0 Å². The summed E-state index contributed by atoms with van der Waals surface area (Å²) in [5, 5.41) is 25.0. The van der Waals surface area contributed by atoms with Crippen LogP contribution in [0.25, 0.3) is 10.9 Å². The summed E-state index contributed by atoms with van der Waals surface area (Å²) in [4.78, 5) is 124. The lowest BCUT2D eigenvalue weighted by molar-refractivity contribution is -0.145. The summed E-state index contributed by atoms with van der Waals surface area (Å²) in [6.07, 6.45) is 4.06. The fraction of sp³-hybridized carbons (Fsp3) is 0.451. The number of likely N-dealkylation sites (N-methyl/N-ethyl adjacent to an activating group) is 2. The number of rotatable bonds is 29. The van der Waals surface area contributed by atoms with Crippen LogP contribution in [0.5, 0.6) is 0 Å². The number of para-hydroxylation sites is 1. The van der Waals surface area contributed by atoms with Gasteiger partial charge >= 0.3 is 18.0 Å². The van der Waals surface area contributed by atoms with E-state index in [1.807, 2.05) is 133 Å². The molecule has 2 heterocycles. The average Bonchev–Trinajstić information content (AvgIpc) is 1.66. The summed E-state index contributed by atoms with van der Waals surface area (Å²) in [5.41, 5.74) is 10.7. The van der Waals surface area contributed by atoms with Gasteiger partial charge in [0.15, 0.2) is 5.78 Å². The van der Waals surface area contributed by atoms with E-state index in [9.17, 15) is 48.3 Å². The second-order valence-electron chi connectivity index (χ2n) is 25.9. The Labute approximate surface area is 534 Å². The number of aliphatic carboxylic acids is 1. The number of esters is 1. The number of hydrogen-bond donors (Lipinski definition) is 7. The van der Waals surface area contributed by atoms with Crippen LogP contribution in [-0.2, 0) is 75.1 Å². The molecule has 0 bridgehead atoms. The highest BCUT2D eigenvalue weighted by Gasteiger charge is 2.43. The number of nitrogens with zero attached hydrogens (tertiary/aromatic N) is 3. The van der Waals surface area contributed by atoms with E-state index < -0.39 is 70.7 Å². The molecule has 7 amide bonds. The first-order valence-electron chi connectivity index (χ1n) is 31.1. The third-order valence-electron chi connectivity index (χ3n) is 16.8. The van der Waals surface area contributed by atoms with Crippen molar-refractivity contribution in [3.8, 4) is 11.8 Å². The molecule has 6 rings (SSSR count). The Balaban J connectivity index is 1.03. The van der Waals surface area contributed by atoms with Crippen molar-refractivity contribution in [3.05, 3.63) is 142 Å². The van der Waals surface area contributed by atoms with Crippen molar-refractivity contribution in [3.63, 3.8) is 0 Å². The SMILES string of the molecule is CN[C@H](C(=O)N[C@H](C(=O)N(C)[C@H](/C=C(\C)C(=O)O)C(C)C)C(C)(C)C)C(C)(C)c1cn(C)c2cc(CCC(=O)OCc3ccc(NC(=O)[C@H](CCCNC(N)=O)CC(=O)[C@@H](NC(=O)CCC(=O)N4Cc5ccccc5C#Cc5ccccc54)C(C)C)cc3)ccc12. The van der Waals surface area contributed by atoms with Crippen molar-refractivity contribution in [2.24, 2.45) is 36.0 Å². The molecule has 1 aliphatic rings. The molecule has 8 N–H and O–H groups in total. The highest BCUT2D eigenvalue weighted by atomic mass is 16.5. The third-order valence-corrected chi connectivity index (χ3v) is 16.8. The number of carbonyl (C=O) groups is 9. The fourth-order valence-corrected chi connectivity index (χ4v) is 11.5. The molecule has 0 aliphatic carbocycles. The smallest absolute Gasteiger partial charge is 0.331 e. The second kappa shape index (κ2) is 31.6. The lowest BCUT2D eigenvalue weighted by atomic mass is 9.76. The summed E-state index contributed by atoms with van der Waals surface area (Å²) in [7, 11) is 5.25. The molecule has 20 heteroatoms. The molecule has 5 aromatic rings. The highest BCUT2D eigenvalue weighted by molar-refractivity contribution is 6.00. The van der Waals surface area contributed by atoms with Crippen molar-refractivity contribution in [1.29, 1.82) is 0 Å². The molecule has 0 spiro atoms. The number of amides is 7. The van der Waals surface area contributed by atoms with Crippen LogP contribution in [0.15, 0.2) is 109 Å². The number of benzene rings is 4. The molecule has 0 saturated heterocycles. The number of Topliss-reactive ketones (excluding diaryl/α,β-unsaturated/α-hetero) is 1. The maximum absolute atomic E-state index is 14.4. The number of ether oxygens (including phenoxy) is 1. The number of aromatic nitrogens is 1. The molecule has 20 nitrogen and oxygen atoms in total. The summed E-state index contributed by atoms with van der Waals surface area (Å²) in [6.45, 7) is 18.9. The van der Waals surface area contributed by atoms with Crippen LogP contribution in [0.2, 0.25) is 0 Å². The number of hydrogen-bond acceptors (Lipinski definition) is 11. The summed E-state index contributed by atoms with van der Waals surface area (Å²) >= 11 is 0. The lowest BCUT2D eigenvalue weighted by Crippen LogP contribution is -2.61. The monoisotopic (exact) mass is 1250 g/mol. The number of carboxylic acid groups (broad SMARTS) is 1. The first kappa shape index (κ1) is 71.0. The third kappa shape index (κ3) is 19.0. The molecule has 0 radical (unpaired) electrons. The van der Waals surface area contributed by atoms with Crippen molar-refractivity contribution >= 4 is 75.6 Å². The van der Waals surface area contributed by atoms with Gasteiger partial charge in [-0.15, -0.1) is 0 Å². The van der Waals surface area contributed by atoms with Gasteiger partial charge in [0, 0.05) is 97.1 Å². The Kier molecular flexibility index (Phi) is 24.6. The first-order valence-corrected chi connectivity index (χ1v) is 31.1. The van der Waals surface area contributed by atoms with Crippen LogP contribution in [0, 0.1) is 35.0 Å². The largest absolute Gasteiger partial charge is 0.478 e. The Hall–Kier alpha value is -9.09. The minimum Gasteiger partial charge on any atom is -0.478 e.